The second-order valence-corrected chi connectivity index (χ2v) is 5.92. The molecule has 1 amide bonds. The lowest BCUT2D eigenvalue weighted by Crippen LogP contribution is -2.47. The summed E-state index contributed by atoms with van der Waals surface area (Å²) in [6.45, 7) is 2.52. The highest BCUT2D eigenvalue weighted by molar-refractivity contribution is 8.00. The van der Waals surface area contributed by atoms with Gasteiger partial charge in [-0.3, -0.25) is 4.79 Å². The van der Waals surface area contributed by atoms with Gasteiger partial charge < -0.3 is 14.7 Å². The van der Waals surface area contributed by atoms with Gasteiger partial charge in [-0.25, -0.2) is 4.79 Å². The van der Waals surface area contributed by atoms with E-state index in [9.17, 15) is 14.7 Å². The summed E-state index contributed by atoms with van der Waals surface area (Å²) in [4.78, 5) is 24.8. The number of hydrogen-bond donors (Lipinski definition) is 1. The first kappa shape index (κ1) is 13.7. The monoisotopic (exact) mass is 273 g/mol. The van der Waals surface area contributed by atoms with Crippen molar-refractivity contribution in [3.05, 3.63) is 0 Å². The van der Waals surface area contributed by atoms with Gasteiger partial charge in [0.05, 0.1) is 5.37 Å². The molecule has 0 radical (unpaired) electrons. The summed E-state index contributed by atoms with van der Waals surface area (Å²) >= 11 is 1.59. The number of nitrogens with zero attached hydrogens (tertiary/aromatic N) is 1. The van der Waals surface area contributed by atoms with Crippen LogP contribution >= 0.6 is 11.8 Å². The summed E-state index contributed by atoms with van der Waals surface area (Å²) in [6, 6.07) is -0.682. The van der Waals surface area contributed by atoms with E-state index in [-0.39, 0.29) is 17.9 Å². The van der Waals surface area contributed by atoms with Gasteiger partial charge >= 0.3 is 5.97 Å². The number of rotatable bonds is 6. The molecule has 6 heteroatoms. The van der Waals surface area contributed by atoms with E-state index in [4.69, 9.17) is 4.74 Å². The van der Waals surface area contributed by atoms with E-state index in [0.29, 0.717) is 18.3 Å². The van der Waals surface area contributed by atoms with Gasteiger partial charge in [-0.1, -0.05) is 6.92 Å². The molecule has 2 fully saturated rings. The lowest BCUT2D eigenvalue weighted by Gasteiger charge is -2.27. The summed E-state index contributed by atoms with van der Waals surface area (Å²) in [7, 11) is 0. The standard InChI is InChI=1S/C12H19NO4S/c1-2-5-17-6-10(14)13-9(12(15)16)7-18-11(13)8-3-4-8/h8-9,11H,2-7H2,1H3,(H,15,16). The number of ether oxygens (including phenoxy) is 1. The topological polar surface area (TPSA) is 66.8 Å². The van der Waals surface area contributed by atoms with Crippen molar-refractivity contribution in [2.24, 2.45) is 5.92 Å². The fourth-order valence-electron chi connectivity index (χ4n) is 2.16. The van der Waals surface area contributed by atoms with Crippen molar-refractivity contribution in [3.8, 4) is 0 Å². The zero-order valence-electron chi connectivity index (χ0n) is 10.5. The van der Waals surface area contributed by atoms with Gasteiger partial charge in [-0.2, -0.15) is 0 Å². The summed E-state index contributed by atoms with van der Waals surface area (Å²) in [6.07, 6.45) is 3.06. The van der Waals surface area contributed by atoms with Crippen LogP contribution in [0.3, 0.4) is 0 Å². The third-order valence-corrected chi connectivity index (χ3v) is 4.67. The number of carbonyl (C=O) groups excluding carboxylic acids is 1. The van der Waals surface area contributed by atoms with Gasteiger partial charge in [0.1, 0.15) is 12.6 Å². The SMILES string of the molecule is CCCOCC(=O)N1C(C(=O)O)CSC1C1CC1. The summed E-state index contributed by atoms with van der Waals surface area (Å²) in [5, 5.41) is 9.22. The van der Waals surface area contributed by atoms with Crippen LogP contribution in [0.15, 0.2) is 0 Å². The molecule has 102 valence electrons. The van der Waals surface area contributed by atoms with Crippen LogP contribution in [0.2, 0.25) is 0 Å². The first-order valence-electron chi connectivity index (χ1n) is 6.38. The van der Waals surface area contributed by atoms with E-state index >= 15 is 0 Å². The van der Waals surface area contributed by atoms with E-state index in [1.807, 2.05) is 6.92 Å². The van der Waals surface area contributed by atoms with Crippen molar-refractivity contribution >= 4 is 23.6 Å². The number of thioether (sulfide) groups is 1. The second-order valence-electron chi connectivity index (χ2n) is 4.77. The molecule has 0 spiro atoms. The Morgan fingerprint density at radius 3 is 2.72 bits per heavy atom. The van der Waals surface area contributed by atoms with Crippen LogP contribution in [0.4, 0.5) is 0 Å². The molecule has 18 heavy (non-hydrogen) atoms. The molecule has 2 rings (SSSR count). The molecule has 2 atom stereocenters. The van der Waals surface area contributed by atoms with Crippen LogP contribution in [0.1, 0.15) is 26.2 Å². The van der Waals surface area contributed by atoms with Gasteiger partial charge in [-0.15, -0.1) is 11.8 Å². The molecule has 0 aromatic rings. The third kappa shape index (κ3) is 2.98. The Balaban J connectivity index is 1.98. The Morgan fingerprint density at radius 2 is 2.17 bits per heavy atom. The van der Waals surface area contributed by atoms with E-state index in [2.05, 4.69) is 0 Å². The summed E-state index contributed by atoms with van der Waals surface area (Å²) in [5.74, 6) is -0.113. The van der Waals surface area contributed by atoms with Crippen LogP contribution in [-0.2, 0) is 14.3 Å². The highest BCUT2D eigenvalue weighted by atomic mass is 32.2. The van der Waals surface area contributed by atoms with Crippen LogP contribution < -0.4 is 0 Å². The maximum Gasteiger partial charge on any atom is 0.327 e. The van der Waals surface area contributed by atoms with E-state index < -0.39 is 12.0 Å². The van der Waals surface area contributed by atoms with Gasteiger partial charge in [-0.05, 0) is 25.2 Å². The molecular formula is C12H19NO4S. The maximum absolute atomic E-state index is 12.1. The largest absolute Gasteiger partial charge is 0.480 e. The Labute approximate surface area is 111 Å². The number of carboxylic acid groups (broad SMARTS) is 1. The van der Waals surface area contributed by atoms with Crippen molar-refractivity contribution in [1.29, 1.82) is 0 Å². The zero-order valence-corrected chi connectivity index (χ0v) is 11.3. The molecule has 1 heterocycles. The number of carboxylic acids is 1. The summed E-state index contributed by atoms with van der Waals surface area (Å²) in [5.41, 5.74) is 0. The summed E-state index contributed by atoms with van der Waals surface area (Å²) < 4.78 is 5.24. The molecule has 1 aliphatic carbocycles. The lowest BCUT2D eigenvalue weighted by atomic mass is 10.2. The number of amides is 1. The van der Waals surface area contributed by atoms with Crippen molar-refractivity contribution in [3.63, 3.8) is 0 Å². The van der Waals surface area contributed by atoms with Gasteiger partial charge in [0.15, 0.2) is 0 Å². The predicted octanol–water partition coefficient (Wildman–Crippen LogP) is 1.18. The van der Waals surface area contributed by atoms with E-state index in [1.165, 1.54) is 0 Å². The van der Waals surface area contributed by atoms with Gasteiger partial charge in [0.2, 0.25) is 5.91 Å². The molecule has 0 bridgehead atoms. The first-order valence-corrected chi connectivity index (χ1v) is 7.43. The van der Waals surface area contributed by atoms with Crippen molar-refractivity contribution in [2.45, 2.75) is 37.6 Å². The number of carbonyl (C=O) groups is 2. The Kier molecular flexibility index (Phi) is 4.50. The Hall–Kier alpha value is -0.750. The fourth-order valence-corrected chi connectivity index (χ4v) is 3.81. The molecule has 0 aromatic heterocycles. The average molecular weight is 273 g/mol. The van der Waals surface area contributed by atoms with Crippen molar-refractivity contribution in [2.75, 3.05) is 19.0 Å². The van der Waals surface area contributed by atoms with Crippen LogP contribution in [0.5, 0.6) is 0 Å². The van der Waals surface area contributed by atoms with E-state index in [1.54, 1.807) is 16.7 Å². The highest BCUT2D eigenvalue weighted by Crippen LogP contribution is 2.45. The maximum atomic E-state index is 12.1. The highest BCUT2D eigenvalue weighted by Gasteiger charge is 2.47. The van der Waals surface area contributed by atoms with Crippen molar-refractivity contribution in [1.82, 2.24) is 4.90 Å². The van der Waals surface area contributed by atoms with Gasteiger partial charge in [0, 0.05) is 12.4 Å². The molecule has 2 aliphatic rings. The van der Waals surface area contributed by atoms with Crippen LogP contribution in [-0.4, -0.2) is 52.3 Å². The first-order chi connectivity index (χ1) is 8.65. The Bertz CT molecular complexity index is 332. The second kappa shape index (κ2) is 5.93. The van der Waals surface area contributed by atoms with E-state index in [0.717, 1.165) is 19.3 Å². The van der Waals surface area contributed by atoms with Crippen molar-refractivity contribution < 1.29 is 19.4 Å². The molecule has 1 saturated heterocycles. The third-order valence-electron chi connectivity index (χ3n) is 3.21. The molecule has 2 unspecified atom stereocenters. The predicted molar refractivity (Wildman–Crippen MR) is 68.3 cm³/mol. The molecule has 1 N–H and O–H groups in total. The molecule has 1 aliphatic heterocycles. The minimum Gasteiger partial charge on any atom is -0.480 e. The molecular weight excluding hydrogens is 254 g/mol. The Morgan fingerprint density at radius 1 is 1.44 bits per heavy atom. The fraction of sp³-hybridized carbons (Fsp3) is 0.833. The molecule has 1 saturated carbocycles. The molecule has 5 nitrogen and oxygen atoms in total. The molecule has 0 aromatic carbocycles. The van der Waals surface area contributed by atoms with Crippen LogP contribution in [0.25, 0.3) is 0 Å². The number of hydrogen-bond acceptors (Lipinski definition) is 4. The minimum atomic E-state index is -0.908. The smallest absolute Gasteiger partial charge is 0.327 e. The zero-order chi connectivity index (χ0) is 13.1. The average Bonchev–Trinajstić information content (AvgIpc) is 3.07. The van der Waals surface area contributed by atoms with Gasteiger partial charge in [0.25, 0.3) is 0 Å². The lowest BCUT2D eigenvalue weighted by molar-refractivity contribution is -0.151. The van der Waals surface area contributed by atoms with Crippen LogP contribution in [0, 0.1) is 5.92 Å². The number of aliphatic carboxylic acids is 1. The minimum absolute atomic E-state index is 0.00139. The quantitative estimate of drug-likeness (QED) is 0.736. The normalized spacial score (nSPS) is 27.5.